The van der Waals surface area contributed by atoms with Crippen LogP contribution in [0.2, 0.25) is 5.02 Å². The Bertz CT molecular complexity index is 696. The average molecular weight is 360 g/mol. The summed E-state index contributed by atoms with van der Waals surface area (Å²) in [4.78, 5) is 18.1. The molecule has 1 unspecified atom stereocenters. The predicted octanol–water partition coefficient (Wildman–Crippen LogP) is 3.70. The zero-order valence-electron chi connectivity index (χ0n) is 14.0. The van der Waals surface area contributed by atoms with Crippen molar-refractivity contribution in [3.63, 3.8) is 0 Å². The molecule has 1 aromatic heterocycles. The maximum atomic E-state index is 12.3. The molecule has 1 fully saturated rings. The number of amides is 2. The number of pyridine rings is 1. The Morgan fingerprint density at radius 3 is 3.08 bits per heavy atom. The summed E-state index contributed by atoms with van der Waals surface area (Å²) in [5.41, 5.74) is 1.20. The molecule has 1 atom stereocenters. The Morgan fingerprint density at radius 2 is 2.28 bits per heavy atom. The van der Waals surface area contributed by atoms with E-state index in [0.717, 1.165) is 36.7 Å². The lowest BCUT2D eigenvalue weighted by Gasteiger charge is -2.17. The van der Waals surface area contributed by atoms with Crippen LogP contribution in [0.5, 0.6) is 5.75 Å². The van der Waals surface area contributed by atoms with Gasteiger partial charge in [0.2, 0.25) is 0 Å². The zero-order chi connectivity index (χ0) is 17.5. The van der Waals surface area contributed by atoms with Crippen LogP contribution in [0.15, 0.2) is 48.8 Å². The second-order valence-electron chi connectivity index (χ2n) is 6.11. The number of carbonyl (C=O) groups is 1. The van der Waals surface area contributed by atoms with Gasteiger partial charge < -0.3 is 15.0 Å². The van der Waals surface area contributed by atoms with Gasteiger partial charge in [0.1, 0.15) is 5.75 Å². The van der Waals surface area contributed by atoms with Gasteiger partial charge in [0.15, 0.2) is 0 Å². The number of likely N-dealkylation sites (tertiary alicyclic amines) is 1. The van der Waals surface area contributed by atoms with Crippen molar-refractivity contribution in [3.8, 4) is 5.75 Å². The monoisotopic (exact) mass is 359 g/mol. The summed E-state index contributed by atoms with van der Waals surface area (Å²) >= 11 is 6.06. The second kappa shape index (κ2) is 8.72. The first-order valence-electron chi connectivity index (χ1n) is 8.53. The quantitative estimate of drug-likeness (QED) is 0.800. The first kappa shape index (κ1) is 17.5. The summed E-state index contributed by atoms with van der Waals surface area (Å²) in [7, 11) is 0. The molecule has 0 saturated carbocycles. The Hall–Kier alpha value is -2.27. The van der Waals surface area contributed by atoms with Gasteiger partial charge in [-0.25, -0.2) is 4.79 Å². The van der Waals surface area contributed by atoms with Gasteiger partial charge >= 0.3 is 6.03 Å². The number of urea groups is 1. The number of aromatic nitrogens is 1. The van der Waals surface area contributed by atoms with E-state index >= 15 is 0 Å². The first-order chi connectivity index (χ1) is 12.2. The highest BCUT2D eigenvalue weighted by Gasteiger charge is 2.27. The van der Waals surface area contributed by atoms with Crippen molar-refractivity contribution in [3.05, 3.63) is 59.4 Å². The molecule has 6 heteroatoms. The highest BCUT2D eigenvalue weighted by molar-refractivity contribution is 6.30. The molecule has 2 heterocycles. The number of benzene rings is 1. The number of carbonyl (C=O) groups excluding carboxylic acids is 1. The number of rotatable bonds is 6. The number of halogens is 1. The van der Waals surface area contributed by atoms with Gasteiger partial charge in [-0.1, -0.05) is 23.7 Å². The lowest BCUT2D eigenvalue weighted by molar-refractivity contribution is 0.207. The Morgan fingerprint density at radius 1 is 1.36 bits per heavy atom. The molecular weight excluding hydrogens is 338 g/mol. The minimum absolute atomic E-state index is 0.00842. The zero-order valence-corrected chi connectivity index (χ0v) is 14.8. The molecular formula is C19H22ClN3O2. The molecule has 1 N–H and O–H groups in total. The van der Waals surface area contributed by atoms with Gasteiger partial charge in [-0.05, 0) is 42.7 Å². The lowest BCUT2D eigenvalue weighted by atomic mass is 9.99. The third-order valence-corrected chi connectivity index (χ3v) is 4.53. The van der Waals surface area contributed by atoms with Crippen LogP contribution in [0.4, 0.5) is 4.79 Å². The largest absolute Gasteiger partial charge is 0.492 e. The third-order valence-electron chi connectivity index (χ3n) is 4.30. The molecule has 132 valence electrons. The molecule has 0 aliphatic carbocycles. The van der Waals surface area contributed by atoms with Crippen molar-refractivity contribution in [2.45, 2.75) is 18.8 Å². The number of nitrogens with one attached hydrogen (secondary N) is 1. The smallest absolute Gasteiger partial charge is 0.317 e. The maximum Gasteiger partial charge on any atom is 0.317 e. The van der Waals surface area contributed by atoms with E-state index in [0.29, 0.717) is 19.1 Å². The van der Waals surface area contributed by atoms with E-state index in [-0.39, 0.29) is 6.03 Å². The van der Waals surface area contributed by atoms with Gasteiger partial charge in [0, 0.05) is 36.8 Å². The van der Waals surface area contributed by atoms with E-state index in [4.69, 9.17) is 16.3 Å². The van der Waals surface area contributed by atoms with Gasteiger partial charge in [-0.2, -0.15) is 0 Å². The highest BCUT2D eigenvalue weighted by Crippen LogP contribution is 2.28. The van der Waals surface area contributed by atoms with E-state index in [9.17, 15) is 4.79 Å². The van der Waals surface area contributed by atoms with Crippen LogP contribution in [0.1, 0.15) is 24.3 Å². The molecule has 0 radical (unpaired) electrons. The van der Waals surface area contributed by atoms with Crippen LogP contribution in [-0.4, -0.2) is 42.2 Å². The van der Waals surface area contributed by atoms with Crippen molar-refractivity contribution in [2.75, 3.05) is 26.2 Å². The Kier molecular flexibility index (Phi) is 6.12. The molecule has 1 saturated heterocycles. The maximum absolute atomic E-state index is 12.3. The van der Waals surface area contributed by atoms with Gasteiger partial charge in [-0.15, -0.1) is 0 Å². The Labute approximate surface area is 153 Å². The Balaban J connectivity index is 1.36. The molecule has 2 aromatic rings. The normalized spacial score (nSPS) is 16.7. The van der Waals surface area contributed by atoms with Crippen LogP contribution in [-0.2, 0) is 0 Å². The van der Waals surface area contributed by atoms with Crippen molar-refractivity contribution in [1.29, 1.82) is 0 Å². The summed E-state index contributed by atoms with van der Waals surface area (Å²) < 4.78 is 5.56. The van der Waals surface area contributed by atoms with Gasteiger partial charge in [-0.3, -0.25) is 4.98 Å². The van der Waals surface area contributed by atoms with Crippen LogP contribution in [0, 0.1) is 0 Å². The van der Waals surface area contributed by atoms with Crippen LogP contribution in [0.3, 0.4) is 0 Å². The van der Waals surface area contributed by atoms with Crippen LogP contribution in [0.25, 0.3) is 0 Å². The molecule has 5 nitrogen and oxygen atoms in total. The fourth-order valence-corrected chi connectivity index (χ4v) is 3.18. The third kappa shape index (κ3) is 5.10. The summed E-state index contributed by atoms with van der Waals surface area (Å²) in [6.07, 6.45) is 5.11. The lowest BCUT2D eigenvalue weighted by Crippen LogP contribution is -2.39. The topological polar surface area (TPSA) is 54.5 Å². The SMILES string of the molecule is O=C(NCCCOc1cccnc1)N1CCC(c2cccc(Cl)c2)C1. The minimum Gasteiger partial charge on any atom is -0.492 e. The average Bonchev–Trinajstić information content (AvgIpc) is 3.12. The van der Waals surface area contributed by atoms with E-state index in [1.54, 1.807) is 12.4 Å². The van der Waals surface area contributed by atoms with Crippen molar-refractivity contribution in [2.24, 2.45) is 0 Å². The summed E-state index contributed by atoms with van der Waals surface area (Å²) in [5.74, 6) is 1.11. The van der Waals surface area contributed by atoms with Crippen LogP contribution >= 0.6 is 11.6 Å². The predicted molar refractivity (Wildman–Crippen MR) is 98.1 cm³/mol. The van der Waals surface area contributed by atoms with E-state index in [2.05, 4.69) is 16.4 Å². The number of nitrogens with zero attached hydrogens (tertiary/aromatic N) is 2. The minimum atomic E-state index is -0.00842. The molecule has 0 bridgehead atoms. The highest BCUT2D eigenvalue weighted by atomic mass is 35.5. The number of ether oxygens (including phenoxy) is 1. The molecule has 0 spiro atoms. The number of hydrogen-bond donors (Lipinski definition) is 1. The van der Waals surface area contributed by atoms with E-state index in [1.165, 1.54) is 5.56 Å². The summed E-state index contributed by atoms with van der Waals surface area (Å²) in [6.45, 7) is 2.65. The molecule has 1 aliphatic rings. The van der Waals surface area contributed by atoms with Crippen molar-refractivity contribution < 1.29 is 9.53 Å². The number of hydrogen-bond acceptors (Lipinski definition) is 3. The molecule has 1 aromatic carbocycles. The van der Waals surface area contributed by atoms with E-state index < -0.39 is 0 Å². The fraction of sp³-hybridized carbons (Fsp3) is 0.368. The van der Waals surface area contributed by atoms with Gasteiger partial charge in [0.25, 0.3) is 0 Å². The van der Waals surface area contributed by atoms with E-state index in [1.807, 2.05) is 35.2 Å². The van der Waals surface area contributed by atoms with Crippen LogP contribution < -0.4 is 10.1 Å². The fourth-order valence-electron chi connectivity index (χ4n) is 2.98. The molecule has 3 rings (SSSR count). The molecule has 25 heavy (non-hydrogen) atoms. The molecule has 1 aliphatic heterocycles. The van der Waals surface area contributed by atoms with Gasteiger partial charge in [0.05, 0.1) is 12.8 Å². The summed E-state index contributed by atoms with van der Waals surface area (Å²) in [6, 6.07) is 11.6. The molecule has 2 amide bonds. The van der Waals surface area contributed by atoms with Crippen molar-refractivity contribution in [1.82, 2.24) is 15.2 Å². The summed E-state index contributed by atoms with van der Waals surface area (Å²) in [5, 5.41) is 3.70. The van der Waals surface area contributed by atoms with Crippen molar-refractivity contribution >= 4 is 17.6 Å². The second-order valence-corrected chi connectivity index (χ2v) is 6.55. The first-order valence-corrected chi connectivity index (χ1v) is 8.91. The standard InChI is InChI=1S/C19H22ClN3O2/c20-17-5-1-4-15(12-17)16-7-10-23(14-16)19(24)22-9-3-11-25-18-6-2-8-21-13-18/h1-2,4-6,8,12-13,16H,3,7,9-11,14H2,(H,22,24).